The van der Waals surface area contributed by atoms with Gasteiger partial charge in [0.2, 0.25) is 0 Å². The third kappa shape index (κ3) is 14.3. The van der Waals surface area contributed by atoms with Crippen molar-refractivity contribution in [3.63, 3.8) is 0 Å². The summed E-state index contributed by atoms with van der Waals surface area (Å²) in [5.41, 5.74) is 0. The SMILES string of the molecule is CC.CCCCCCCCN1CCSCC1.CO. The van der Waals surface area contributed by atoms with E-state index in [1.54, 1.807) is 0 Å². The average molecular weight is 278 g/mol. The quantitative estimate of drug-likeness (QED) is 0.711. The molecule has 1 fully saturated rings. The van der Waals surface area contributed by atoms with Gasteiger partial charge in [-0.1, -0.05) is 52.9 Å². The summed E-state index contributed by atoms with van der Waals surface area (Å²) in [4.78, 5) is 2.64. The van der Waals surface area contributed by atoms with Crippen molar-refractivity contribution in [3.05, 3.63) is 0 Å². The molecule has 1 aliphatic heterocycles. The molecule has 0 spiro atoms. The number of aliphatic hydroxyl groups is 1. The van der Waals surface area contributed by atoms with E-state index in [0.717, 1.165) is 7.11 Å². The zero-order chi connectivity index (χ0) is 14.1. The number of thioether (sulfide) groups is 1. The third-order valence-electron chi connectivity index (χ3n) is 2.93. The molecule has 0 radical (unpaired) electrons. The fourth-order valence-electron chi connectivity index (χ4n) is 1.94. The standard InChI is InChI=1S/C12H25NS.C2H6.CH4O/c1-2-3-4-5-6-7-8-13-9-11-14-12-10-13;2*1-2/h2-12H2,1H3;1-2H3;2H,1H3. The fraction of sp³-hybridized carbons (Fsp3) is 1.00. The lowest BCUT2D eigenvalue weighted by atomic mass is 10.1. The van der Waals surface area contributed by atoms with E-state index >= 15 is 0 Å². The number of aliphatic hydroxyl groups excluding tert-OH is 1. The molecule has 0 saturated carbocycles. The zero-order valence-electron chi connectivity index (χ0n) is 13.1. The van der Waals surface area contributed by atoms with Gasteiger partial charge in [0.15, 0.2) is 0 Å². The Balaban J connectivity index is 0. The normalized spacial score (nSPS) is 15.2. The summed E-state index contributed by atoms with van der Waals surface area (Å²) in [5, 5.41) is 7.00. The molecule has 0 amide bonds. The number of hydrogen-bond acceptors (Lipinski definition) is 3. The number of unbranched alkanes of at least 4 members (excludes halogenated alkanes) is 5. The minimum atomic E-state index is 1.00. The molecule has 3 heteroatoms. The van der Waals surface area contributed by atoms with Gasteiger partial charge in [-0.25, -0.2) is 0 Å². The monoisotopic (exact) mass is 277 g/mol. The number of rotatable bonds is 7. The van der Waals surface area contributed by atoms with Crippen molar-refractivity contribution in [2.75, 3.05) is 38.2 Å². The Kier molecular flexibility index (Phi) is 22.4. The van der Waals surface area contributed by atoms with Crippen molar-refractivity contribution in [1.82, 2.24) is 4.90 Å². The van der Waals surface area contributed by atoms with Crippen LogP contribution in [-0.2, 0) is 0 Å². The minimum Gasteiger partial charge on any atom is -0.400 e. The zero-order valence-corrected chi connectivity index (χ0v) is 13.9. The Bertz CT molecular complexity index is 128. The number of hydrogen-bond donors (Lipinski definition) is 1. The van der Waals surface area contributed by atoms with Crippen LogP contribution < -0.4 is 0 Å². The molecule has 0 aromatic heterocycles. The largest absolute Gasteiger partial charge is 0.400 e. The first kappa shape index (κ1) is 20.6. The van der Waals surface area contributed by atoms with Crippen LogP contribution in [0.4, 0.5) is 0 Å². The van der Waals surface area contributed by atoms with Crippen LogP contribution in [-0.4, -0.2) is 48.3 Å². The van der Waals surface area contributed by atoms with E-state index in [-0.39, 0.29) is 0 Å². The topological polar surface area (TPSA) is 23.5 Å². The summed E-state index contributed by atoms with van der Waals surface area (Å²) in [6, 6.07) is 0. The molecule has 1 heterocycles. The van der Waals surface area contributed by atoms with Gasteiger partial charge in [0.05, 0.1) is 0 Å². The second kappa shape index (κ2) is 19.6. The lowest BCUT2D eigenvalue weighted by Gasteiger charge is -2.25. The lowest BCUT2D eigenvalue weighted by Crippen LogP contribution is -2.33. The van der Waals surface area contributed by atoms with E-state index in [1.165, 1.54) is 69.7 Å². The van der Waals surface area contributed by atoms with E-state index in [9.17, 15) is 0 Å². The van der Waals surface area contributed by atoms with Gasteiger partial charge in [-0.05, 0) is 13.0 Å². The molecule has 0 bridgehead atoms. The average Bonchev–Trinajstić information content (AvgIpc) is 2.48. The first-order chi connectivity index (χ1) is 8.93. The summed E-state index contributed by atoms with van der Waals surface area (Å²) in [6.45, 7) is 10.3. The van der Waals surface area contributed by atoms with E-state index in [2.05, 4.69) is 23.6 Å². The van der Waals surface area contributed by atoms with E-state index in [0.29, 0.717) is 0 Å². The molecule has 0 unspecified atom stereocenters. The Morgan fingerprint density at radius 1 is 0.889 bits per heavy atom. The van der Waals surface area contributed by atoms with Crippen molar-refractivity contribution in [2.45, 2.75) is 59.3 Å². The molecule has 0 aromatic carbocycles. The molecule has 0 aliphatic carbocycles. The van der Waals surface area contributed by atoms with Gasteiger partial charge in [0.1, 0.15) is 0 Å². The van der Waals surface area contributed by atoms with Crippen LogP contribution in [0, 0.1) is 0 Å². The van der Waals surface area contributed by atoms with Gasteiger partial charge in [-0.3, -0.25) is 0 Å². The summed E-state index contributed by atoms with van der Waals surface area (Å²) >= 11 is 2.11. The van der Waals surface area contributed by atoms with Crippen molar-refractivity contribution >= 4 is 11.8 Å². The molecule has 0 aromatic rings. The molecule has 1 saturated heterocycles. The van der Waals surface area contributed by atoms with Crippen LogP contribution in [0.1, 0.15) is 59.3 Å². The van der Waals surface area contributed by atoms with Crippen LogP contribution in [0.2, 0.25) is 0 Å². The second-order valence-electron chi connectivity index (χ2n) is 4.22. The highest BCUT2D eigenvalue weighted by molar-refractivity contribution is 7.99. The number of nitrogens with zero attached hydrogens (tertiary/aromatic N) is 1. The van der Waals surface area contributed by atoms with Crippen LogP contribution in [0.5, 0.6) is 0 Å². The van der Waals surface area contributed by atoms with Gasteiger partial charge < -0.3 is 10.0 Å². The Labute approximate surface area is 120 Å². The van der Waals surface area contributed by atoms with Crippen LogP contribution in [0.25, 0.3) is 0 Å². The van der Waals surface area contributed by atoms with Crippen molar-refractivity contribution in [2.24, 2.45) is 0 Å². The summed E-state index contributed by atoms with van der Waals surface area (Å²) in [6.07, 6.45) is 8.57. The Hall–Kier alpha value is 0.270. The Morgan fingerprint density at radius 3 is 1.94 bits per heavy atom. The van der Waals surface area contributed by atoms with Gasteiger partial charge in [-0.15, -0.1) is 0 Å². The van der Waals surface area contributed by atoms with Crippen LogP contribution in [0.3, 0.4) is 0 Å². The molecular weight excluding hydrogens is 242 g/mol. The minimum absolute atomic E-state index is 1.00. The predicted molar refractivity (Wildman–Crippen MR) is 86.6 cm³/mol. The highest BCUT2D eigenvalue weighted by Crippen LogP contribution is 2.11. The molecule has 1 rings (SSSR count). The van der Waals surface area contributed by atoms with Gasteiger partial charge in [-0.2, -0.15) is 11.8 Å². The van der Waals surface area contributed by atoms with Gasteiger partial charge >= 0.3 is 0 Å². The second-order valence-corrected chi connectivity index (χ2v) is 5.45. The molecular formula is C15H35NOS. The van der Waals surface area contributed by atoms with Gasteiger partial charge in [0.25, 0.3) is 0 Å². The molecule has 1 aliphatic rings. The first-order valence-electron chi connectivity index (χ1n) is 7.68. The third-order valence-corrected chi connectivity index (χ3v) is 3.87. The first-order valence-corrected chi connectivity index (χ1v) is 8.84. The highest BCUT2D eigenvalue weighted by Gasteiger charge is 2.08. The van der Waals surface area contributed by atoms with Crippen LogP contribution >= 0.6 is 11.8 Å². The maximum Gasteiger partial charge on any atom is 0.0319 e. The fourth-order valence-corrected chi connectivity index (χ4v) is 2.92. The molecule has 1 N–H and O–H groups in total. The van der Waals surface area contributed by atoms with Crippen molar-refractivity contribution in [1.29, 1.82) is 0 Å². The van der Waals surface area contributed by atoms with Crippen LogP contribution in [0.15, 0.2) is 0 Å². The molecule has 18 heavy (non-hydrogen) atoms. The Morgan fingerprint density at radius 2 is 1.39 bits per heavy atom. The van der Waals surface area contributed by atoms with E-state index in [1.807, 2.05) is 13.8 Å². The van der Waals surface area contributed by atoms with Gasteiger partial charge in [0, 0.05) is 31.7 Å². The van der Waals surface area contributed by atoms with E-state index in [4.69, 9.17) is 5.11 Å². The molecule has 0 atom stereocenters. The summed E-state index contributed by atoms with van der Waals surface area (Å²) < 4.78 is 0. The lowest BCUT2D eigenvalue weighted by molar-refractivity contribution is 0.294. The smallest absolute Gasteiger partial charge is 0.0319 e. The highest BCUT2D eigenvalue weighted by atomic mass is 32.2. The molecule has 2 nitrogen and oxygen atoms in total. The van der Waals surface area contributed by atoms with Crippen molar-refractivity contribution < 1.29 is 5.11 Å². The molecule has 112 valence electrons. The maximum absolute atomic E-state index is 7.00. The maximum atomic E-state index is 7.00. The van der Waals surface area contributed by atoms with E-state index < -0.39 is 0 Å². The van der Waals surface area contributed by atoms with Crippen molar-refractivity contribution in [3.8, 4) is 0 Å². The predicted octanol–water partition coefficient (Wildman–Crippen LogP) is 4.03. The summed E-state index contributed by atoms with van der Waals surface area (Å²) in [5.74, 6) is 2.71. The summed E-state index contributed by atoms with van der Waals surface area (Å²) in [7, 11) is 1.00.